The smallest absolute Gasteiger partial charge is 0.240 e. The lowest BCUT2D eigenvalue weighted by Gasteiger charge is -2.24. The highest BCUT2D eigenvalue weighted by Gasteiger charge is 2.57. The molecule has 0 aromatic heterocycles. The molecule has 0 heterocycles. The molecule has 0 unspecified atom stereocenters. The Kier molecular flexibility index (Phi) is 4.12. The van der Waals surface area contributed by atoms with Crippen LogP contribution in [0.15, 0.2) is 24.3 Å². The summed E-state index contributed by atoms with van der Waals surface area (Å²) < 4.78 is 0. The number of amides is 2. The predicted molar refractivity (Wildman–Crippen MR) is 79.4 cm³/mol. The largest absolute Gasteiger partial charge is 0.342 e. The summed E-state index contributed by atoms with van der Waals surface area (Å²) in [5.41, 5.74) is 0.969. The minimum absolute atomic E-state index is 0.0337. The maximum absolute atomic E-state index is 12.5. The number of rotatable bonds is 5. The molecule has 108 valence electrons. The van der Waals surface area contributed by atoms with Crippen molar-refractivity contribution in [2.45, 2.75) is 33.6 Å². The van der Waals surface area contributed by atoms with Crippen molar-refractivity contribution in [2.24, 2.45) is 5.41 Å². The Balaban J connectivity index is 2.13. The molecule has 0 bridgehead atoms. The Morgan fingerprint density at radius 3 is 2.30 bits per heavy atom. The van der Waals surface area contributed by atoms with Crippen LogP contribution in [0.5, 0.6) is 0 Å². The molecule has 20 heavy (non-hydrogen) atoms. The fourth-order valence-corrected chi connectivity index (χ4v) is 2.43. The van der Waals surface area contributed by atoms with Gasteiger partial charge in [0.15, 0.2) is 0 Å². The fraction of sp³-hybridized carbons (Fsp3) is 0.500. The first-order chi connectivity index (χ1) is 9.55. The average molecular weight is 274 g/mol. The lowest BCUT2D eigenvalue weighted by molar-refractivity contribution is -0.141. The van der Waals surface area contributed by atoms with Crippen molar-refractivity contribution >= 4 is 17.5 Å². The van der Waals surface area contributed by atoms with E-state index >= 15 is 0 Å². The molecule has 1 aliphatic rings. The van der Waals surface area contributed by atoms with Crippen LogP contribution in [-0.4, -0.2) is 29.8 Å². The third-order valence-corrected chi connectivity index (χ3v) is 4.04. The third kappa shape index (κ3) is 2.55. The Morgan fingerprint density at radius 1 is 1.20 bits per heavy atom. The molecule has 4 nitrogen and oxygen atoms in total. The number of hydrogen-bond donors (Lipinski definition) is 1. The van der Waals surface area contributed by atoms with E-state index in [0.29, 0.717) is 25.9 Å². The number of nitrogens with zero attached hydrogens (tertiary/aromatic N) is 1. The van der Waals surface area contributed by atoms with Crippen LogP contribution in [0.1, 0.15) is 32.3 Å². The second kappa shape index (κ2) is 5.65. The van der Waals surface area contributed by atoms with Gasteiger partial charge in [0.1, 0.15) is 5.41 Å². The lowest BCUT2D eigenvalue weighted by atomic mass is 10.0. The Labute approximate surface area is 120 Å². The summed E-state index contributed by atoms with van der Waals surface area (Å²) in [6, 6.07) is 7.62. The van der Waals surface area contributed by atoms with Crippen molar-refractivity contribution in [1.29, 1.82) is 0 Å². The van der Waals surface area contributed by atoms with Gasteiger partial charge in [0.25, 0.3) is 0 Å². The number of aryl methyl sites for hydroxylation is 1. The van der Waals surface area contributed by atoms with Crippen LogP contribution >= 0.6 is 0 Å². The first kappa shape index (κ1) is 14.6. The van der Waals surface area contributed by atoms with Crippen LogP contribution < -0.4 is 5.32 Å². The van der Waals surface area contributed by atoms with Crippen molar-refractivity contribution in [3.8, 4) is 0 Å². The summed E-state index contributed by atoms with van der Waals surface area (Å²) in [6.45, 7) is 7.12. The average Bonchev–Trinajstić information content (AvgIpc) is 3.24. The van der Waals surface area contributed by atoms with Gasteiger partial charge in [-0.25, -0.2) is 0 Å². The van der Waals surface area contributed by atoms with Gasteiger partial charge in [0.05, 0.1) is 0 Å². The number of anilines is 1. The van der Waals surface area contributed by atoms with Crippen LogP contribution in [0.25, 0.3) is 0 Å². The number of carbonyl (C=O) groups excluding carboxylic acids is 2. The van der Waals surface area contributed by atoms with Crippen molar-refractivity contribution in [3.05, 3.63) is 29.8 Å². The molecule has 1 saturated carbocycles. The van der Waals surface area contributed by atoms with Gasteiger partial charge >= 0.3 is 0 Å². The minimum Gasteiger partial charge on any atom is -0.342 e. The Hall–Kier alpha value is -1.84. The molecule has 2 amide bonds. The monoisotopic (exact) mass is 274 g/mol. The summed E-state index contributed by atoms with van der Waals surface area (Å²) in [5, 5.41) is 2.91. The topological polar surface area (TPSA) is 49.4 Å². The van der Waals surface area contributed by atoms with Gasteiger partial charge in [-0.2, -0.15) is 0 Å². The first-order valence-corrected chi connectivity index (χ1v) is 7.21. The Bertz CT molecular complexity index is 517. The molecule has 0 spiro atoms. The van der Waals surface area contributed by atoms with E-state index in [1.54, 1.807) is 4.90 Å². The van der Waals surface area contributed by atoms with E-state index in [4.69, 9.17) is 0 Å². The van der Waals surface area contributed by atoms with Crippen LogP contribution in [0.4, 0.5) is 5.69 Å². The fourth-order valence-electron chi connectivity index (χ4n) is 2.43. The molecule has 4 heteroatoms. The summed E-state index contributed by atoms with van der Waals surface area (Å²) in [4.78, 5) is 26.7. The van der Waals surface area contributed by atoms with Gasteiger partial charge in [-0.3, -0.25) is 9.59 Å². The van der Waals surface area contributed by atoms with E-state index in [0.717, 1.165) is 11.3 Å². The predicted octanol–water partition coefficient (Wildman–Crippen LogP) is 2.58. The number of hydrogen-bond acceptors (Lipinski definition) is 2. The minimum atomic E-state index is -0.825. The summed E-state index contributed by atoms with van der Waals surface area (Å²) in [5.74, 6) is -0.197. The highest BCUT2D eigenvalue weighted by molar-refractivity contribution is 6.13. The van der Waals surface area contributed by atoms with Crippen molar-refractivity contribution < 1.29 is 9.59 Å². The molecule has 1 aromatic carbocycles. The van der Waals surface area contributed by atoms with E-state index < -0.39 is 5.41 Å². The summed E-state index contributed by atoms with van der Waals surface area (Å²) in [7, 11) is 0. The zero-order chi connectivity index (χ0) is 14.8. The van der Waals surface area contributed by atoms with Crippen LogP contribution in [-0.2, 0) is 9.59 Å². The lowest BCUT2D eigenvalue weighted by Crippen LogP contribution is -2.42. The van der Waals surface area contributed by atoms with Gasteiger partial charge in [0, 0.05) is 18.8 Å². The zero-order valence-corrected chi connectivity index (χ0v) is 12.4. The van der Waals surface area contributed by atoms with Crippen LogP contribution in [0.2, 0.25) is 0 Å². The quantitative estimate of drug-likeness (QED) is 0.839. The molecule has 1 N–H and O–H groups in total. The van der Waals surface area contributed by atoms with Crippen molar-refractivity contribution in [3.63, 3.8) is 0 Å². The van der Waals surface area contributed by atoms with E-state index in [1.807, 2.05) is 45.0 Å². The van der Waals surface area contributed by atoms with Crippen molar-refractivity contribution in [2.75, 3.05) is 18.4 Å². The maximum atomic E-state index is 12.5. The normalized spacial score (nSPS) is 15.6. The molecule has 2 rings (SSSR count). The van der Waals surface area contributed by atoms with Gasteiger partial charge < -0.3 is 10.2 Å². The SMILES string of the molecule is CCN(CC)C(=O)C1(C(=O)Nc2ccccc2C)CC1. The van der Waals surface area contributed by atoms with Gasteiger partial charge in [-0.15, -0.1) is 0 Å². The van der Waals surface area contributed by atoms with Crippen molar-refractivity contribution in [1.82, 2.24) is 4.90 Å². The number of nitrogens with one attached hydrogen (secondary N) is 1. The molecule has 1 aliphatic carbocycles. The van der Waals surface area contributed by atoms with E-state index in [9.17, 15) is 9.59 Å². The third-order valence-electron chi connectivity index (χ3n) is 4.04. The molecular weight excluding hydrogens is 252 g/mol. The molecule has 0 radical (unpaired) electrons. The van der Waals surface area contributed by atoms with Gasteiger partial charge in [0.2, 0.25) is 11.8 Å². The highest BCUT2D eigenvalue weighted by Crippen LogP contribution is 2.48. The molecule has 0 aliphatic heterocycles. The second-order valence-electron chi connectivity index (χ2n) is 5.33. The highest BCUT2D eigenvalue weighted by atomic mass is 16.2. The Morgan fingerprint density at radius 2 is 1.80 bits per heavy atom. The van der Waals surface area contributed by atoms with E-state index in [1.165, 1.54) is 0 Å². The number of benzene rings is 1. The molecule has 0 atom stereocenters. The first-order valence-electron chi connectivity index (χ1n) is 7.21. The second-order valence-corrected chi connectivity index (χ2v) is 5.33. The van der Waals surface area contributed by atoms with E-state index in [-0.39, 0.29) is 11.8 Å². The number of para-hydroxylation sites is 1. The molecule has 0 saturated heterocycles. The summed E-state index contributed by atoms with van der Waals surface area (Å²) >= 11 is 0. The maximum Gasteiger partial charge on any atom is 0.240 e. The van der Waals surface area contributed by atoms with Crippen LogP contribution in [0.3, 0.4) is 0 Å². The number of carbonyl (C=O) groups is 2. The molecular formula is C16H22N2O2. The molecule has 1 fully saturated rings. The van der Waals surface area contributed by atoms with Gasteiger partial charge in [-0.1, -0.05) is 18.2 Å². The van der Waals surface area contributed by atoms with E-state index in [2.05, 4.69) is 5.32 Å². The summed E-state index contributed by atoms with van der Waals surface area (Å²) in [6.07, 6.45) is 1.31. The zero-order valence-electron chi connectivity index (χ0n) is 12.4. The standard InChI is InChI=1S/C16H22N2O2/c1-4-18(5-2)15(20)16(10-11-16)14(19)17-13-9-7-6-8-12(13)3/h6-9H,4-5,10-11H2,1-3H3,(H,17,19). The van der Waals surface area contributed by atoms with Gasteiger partial charge in [-0.05, 0) is 45.2 Å². The molecule has 1 aromatic rings. The van der Waals surface area contributed by atoms with Crippen LogP contribution in [0, 0.1) is 12.3 Å².